The molecule has 0 spiro atoms. The first-order valence-corrected chi connectivity index (χ1v) is 15.1. The van der Waals surface area contributed by atoms with E-state index in [4.69, 9.17) is 17.3 Å². The van der Waals surface area contributed by atoms with Gasteiger partial charge in [-0.3, -0.25) is 4.79 Å². The van der Waals surface area contributed by atoms with E-state index >= 15 is 0 Å². The van der Waals surface area contributed by atoms with Crippen LogP contribution in [0.2, 0.25) is 5.02 Å². The van der Waals surface area contributed by atoms with E-state index in [1.807, 2.05) is 60.7 Å². The monoisotopic (exact) mass is 597 g/mol. The molecule has 3 aromatic carbocycles. The van der Waals surface area contributed by atoms with Crippen LogP contribution < -0.4 is 16.6 Å². The molecule has 1 unspecified atom stereocenters. The molecule has 4 N–H and O–H groups in total. The number of nitrogens with zero attached hydrogens (tertiary/aromatic N) is 3. The molecule has 1 aliphatic rings. The zero-order valence-corrected chi connectivity index (χ0v) is 25.6. The number of aryl methyl sites for hydroxylation is 1. The Morgan fingerprint density at radius 2 is 1.81 bits per heavy atom. The Bertz CT molecular complexity index is 1690. The lowest BCUT2D eigenvalue weighted by molar-refractivity contribution is 0.0968. The van der Waals surface area contributed by atoms with Crippen LogP contribution in [0, 0.1) is 0 Å². The minimum absolute atomic E-state index is 0.135. The fourth-order valence-electron chi connectivity index (χ4n) is 5.98. The largest absolute Gasteiger partial charge is 0.403 e. The van der Waals surface area contributed by atoms with Crippen molar-refractivity contribution in [2.45, 2.75) is 25.0 Å². The Kier molecular flexibility index (Phi) is 9.37. The van der Waals surface area contributed by atoms with E-state index in [1.54, 1.807) is 41.9 Å². The second-order valence-electron chi connectivity index (χ2n) is 11.2. The first-order chi connectivity index (χ1) is 20.8. The third-order valence-corrected chi connectivity index (χ3v) is 8.72. The summed E-state index contributed by atoms with van der Waals surface area (Å²) in [6.45, 7) is 9.02. The van der Waals surface area contributed by atoms with Gasteiger partial charge in [0.25, 0.3) is 5.56 Å². The summed E-state index contributed by atoms with van der Waals surface area (Å²) in [4.78, 5) is 17.1. The molecule has 4 aromatic rings. The van der Waals surface area contributed by atoms with E-state index in [1.165, 1.54) is 32.1 Å². The van der Waals surface area contributed by atoms with Crippen molar-refractivity contribution in [1.29, 1.82) is 0 Å². The van der Waals surface area contributed by atoms with E-state index < -0.39 is 5.60 Å². The summed E-state index contributed by atoms with van der Waals surface area (Å²) in [5.41, 5.74) is 9.55. The normalized spacial score (nSPS) is 15.5. The highest BCUT2D eigenvalue weighted by Gasteiger charge is 2.38. The molecule has 7 nitrogen and oxygen atoms in total. The van der Waals surface area contributed by atoms with Crippen LogP contribution in [0.3, 0.4) is 0 Å². The SMILES string of the molecule is C=CN(C)/C(=C\N)C(O)(c1ccc(CNCCN2CCCC2)cc1)c1ccc2c(c1)c(-c1cccc(Cl)c1)cc(=O)n2C. The number of benzene rings is 3. The smallest absolute Gasteiger partial charge is 0.251 e. The number of halogens is 1. The van der Waals surface area contributed by atoms with Crippen molar-refractivity contribution in [3.63, 3.8) is 0 Å². The quantitative estimate of drug-likeness (QED) is 0.207. The highest BCUT2D eigenvalue weighted by atomic mass is 35.5. The van der Waals surface area contributed by atoms with Crippen molar-refractivity contribution < 1.29 is 5.11 Å². The number of aromatic nitrogens is 1. The average Bonchev–Trinajstić information content (AvgIpc) is 3.55. The topological polar surface area (TPSA) is 86.8 Å². The minimum Gasteiger partial charge on any atom is -0.403 e. The number of nitrogens with one attached hydrogen (secondary N) is 1. The molecule has 0 amide bonds. The molecule has 1 aromatic heterocycles. The molecule has 0 saturated carbocycles. The Morgan fingerprint density at radius 3 is 2.49 bits per heavy atom. The summed E-state index contributed by atoms with van der Waals surface area (Å²) in [6, 6.07) is 22.6. The van der Waals surface area contributed by atoms with E-state index in [-0.39, 0.29) is 5.56 Å². The Labute approximate surface area is 258 Å². The van der Waals surface area contributed by atoms with Gasteiger partial charge in [0.05, 0.1) is 11.2 Å². The van der Waals surface area contributed by atoms with Gasteiger partial charge < -0.3 is 30.5 Å². The van der Waals surface area contributed by atoms with Crippen molar-refractivity contribution >= 4 is 22.5 Å². The summed E-state index contributed by atoms with van der Waals surface area (Å²) < 4.78 is 1.60. The molecule has 1 aliphatic heterocycles. The highest BCUT2D eigenvalue weighted by Crippen LogP contribution is 2.40. The molecule has 224 valence electrons. The molecule has 43 heavy (non-hydrogen) atoms. The van der Waals surface area contributed by atoms with Crippen LogP contribution in [-0.4, -0.2) is 52.7 Å². The number of nitrogens with two attached hydrogens (primary N) is 1. The third-order valence-electron chi connectivity index (χ3n) is 8.49. The van der Waals surface area contributed by atoms with Gasteiger partial charge in [0.15, 0.2) is 5.60 Å². The summed E-state index contributed by atoms with van der Waals surface area (Å²) in [6.07, 6.45) is 5.62. The standard InChI is InChI=1S/C35H40ClN5O2/c1-4-39(2)33(23-37)35(43,27-12-10-25(11-13-27)24-38-16-19-41-17-5-6-18-41)28-14-15-32-31(21-28)30(22-34(42)40(32)3)26-8-7-9-29(36)20-26/h4,7-15,20-23,38,43H,1,5-6,16-19,24,37H2,2-3H3/b33-23-. The number of aliphatic hydroxyl groups is 1. The van der Waals surface area contributed by atoms with Gasteiger partial charge in [0.2, 0.25) is 0 Å². The van der Waals surface area contributed by atoms with E-state index in [0.29, 0.717) is 21.8 Å². The molecule has 2 heterocycles. The highest BCUT2D eigenvalue weighted by molar-refractivity contribution is 6.30. The maximum absolute atomic E-state index is 12.9. The second kappa shape index (κ2) is 13.2. The summed E-state index contributed by atoms with van der Waals surface area (Å²) in [5.74, 6) is 0. The van der Waals surface area contributed by atoms with E-state index in [0.717, 1.165) is 47.2 Å². The predicted octanol–water partition coefficient (Wildman–Crippen LogP) is 5.16. The van der Waals surface area contributed by atoms with Gasteiger partial charge in [-0.25, -0.2) is 0 Å². The van der Waals surface area contributed by atoms with Gasteiger partial charge in [0, 0.05) is 56.4 Å². The number of likely N-dealkylation sites (N-methyl/N-ethyl adjacent to an activating group) is 1. The maximum Gasteiger partial charge on any atom is 0.251 e. The van der Waals surface area contributed by atoms with Gasteiger partial charge in [0.1, 0.15) is 0 Å². The predicted molar refractivity (Wildman–Crippen MR) is 177 cm³/mol. The molecule has 0 radical (unpaired) electrons. The molecular weight excluding hydrogens is 558 g/mol. The lowest BCUT2D eigenvalue weighted by atomic mass is 9.81. The number of likely N-dealkylation sites (tertiary alicyclic amines) is 1. The number of hydrogen-bond donors (Lipinski definition) is 3. The lowest BCUT2D eigenvalue weighted by Crippen LogP contribution is -2.37. The van der Waals surface area contributed by atoms with Gasteiger partial charge in [-0.15, -0.1) is 0 Å². The number of pyridine rings is 1. The van der Waals surface area contributed by atoms with Gasteiger partial charge in [-0.1, -0.05) is 60.6 Å². The first kappa shape index (κ1) is 30.6. The van der Waals surface area contributed by atoms with Crippen LogP contribution in [0.5, 0.6) is 0 Å². The van der Waals surface area contributed by atoms with Crippen molar-refractivity contribution in [3.05, 3.63) is 130 Å². The molecule has 1 atom stereocenters. The van der Waals surface area contributed by atoms with Crippen molar-refractivity contribution in [3.8, 4) is 11.1 Å². The van der Waals surface area contributed by atoms with E-state index in [2.05, 4.69) is 16.8 Å². The minimum atomic E-state index is -1.62. The number of rotatable bonds is 11. The fraction of sp³-hybridized carbons (Fsp3) is 0.286. The average molecular weight is 598 g/mol. The van der Waals surface area contributed by atoms with Crippen LogP contribution in [0.1, 0.15) is 29.5 Å². The molecule has 1 saturated heterocycles. The van der Waals surface area contributed by atoms with Gasteiger partial charge >= 0.3 is 0 Å². The van der Waals surface area contributed by atoms with Crippen LogP contribution in [0.15, 0.2) is 102 Å². The molecular formula is C35H40ClN5O2. The van der Waals surface area contributed by atoms with Crippen molar-refractivity contribution in [2.75, 3.05) is 33.2 Å². The van der Waals surface area contributed by atoms with Crippen LogP contribution in [-0.2, 0) is 19.2 Å². The molecule has 5 rings (SSSR count). The molecule has 0 bridgehead atoms. The fourth-order valence-corrected chi connectivity index (χ4v) is 6.17. The molecule has 8 heteroatoms. The first-order valence-electron chi connectivity index (χ1n) is 14.7. The zero-order chi connectivity index (χ0) is 30.6. The van der Waals surface area contributed by atoms with Crippen LogP contribution in [0.4, 0.5) is 0 Å². The zero-order valence-electron chi connectivity index (χ0n) is 24.9. The Balaban J connectivity index is 1.56. The number of hydrogen-bond acceptors (Lipinski definition) is 6. The second-order valence-corrected chi connectivity index (χ2v) is 11.6. The van der Waals surface area contributed by atoms with E-state index in [9.17, 15) is 9.90 Å². The molecule has 0 aliphatic carbocycles. The summed E-state index contributed by atoms with van der Waals surface area (Å²) >= 11 is 6.33. The van der Waals surface area contributed by atoms with Crippen molar-refractivity contribution in [2.24, 2.45) is 12.8 Å². The van der Waals surface area contributed by atoms with Crippen LogP contribution >= 0.6 is 11.6 Å². The number of fused-ring (bicyclic) bond motifs is 1. The van der Waals surface area contributed by atoms with Gasteiger partial charge in [-0.2, -0.15) is 0 Å². The Morgan fingerprint density at radius 1 is 1.09 bits per heavy atom. The van der Waals surface area contributed by atoms with Crippen molar-refractivity contribution in [1.82, 2.24) is 19.7 Å². The summed E-state index contributed by atoms with van der Waals surface area (Å²) in [7, 11) is 3.55. The van der Waals surface area contributed by atoms with Crippen LogP contribution in [0.25, 0.3) is 22.0 Å². The maximum atomic E-state index is 12.9. The lowest BCUT2D eigenvalue weighted by Gasteiger charge is -2.36. The summed E-state index contributed by atoms with van der Waals surface area (Å²) in [5, 5.41) is 17.6. The Hall–Kier alpha value is -3.88. The third kappa shape index (κ3) is 6.26. The molecule has 1 fully saturated rings. The van der Waals surface area contributed by atoms with Gasteiger partial charge in [-0.05, 0) is 84.2 Å².